The number of rotatable bonds is 5. The second kappa shape index (κ2) is 7.99. The number of thiophene rings is 1. The van der Waals surface area contributed by atoms with Crippen LogP contribution >= 0.6 is 22.7 Å². The van der Waals surface area contributed by atoms with E-state index in [0.717, 1.165) is 17.0 Å². The van der Waals surface area contributed by atoms with E-state index >= 15 is 0 Å². The van der Waals surface area contributed by atoms with Crippen LogP contribution in [0, 0.1) is 0 Å². The van der Waals surface area contributed by atoms with E-state index in [1.807, 2.05) is 29.0 Å². The Hall–Kier alpha value is -2.91. The number of hydrogen-bond acceptors (Lipinski definition) is 7. The van der Waals surface area contributed by atoms with Gasteiger partial charge < -0.3 is 19.7 Å². The Morgan fingerprint density at radius 1 is 1.18 bits per heavy atom. The number of benzene rings is 1. The summed E-state index contributed by atoms with van der Waals surface area (Å²) in [5, 5.41) is 6.92. The molecule has 0 saturated heterocycles. The molecule has 0 radical (unpaired) electrons. The number of anilines is 1. The molecule has 0 spiro atoms. The zero-order valence-corrected chi connectivity index (χ0v) is 16.6. The molecule has 0 atom stereocenters. The fourth-order valence-corrected chi connectivity index (χ4v) is 4.15. The van der Waals surface area contributed by atoms with E-state index in [4.69, 9.17) is 9.47 Å². The van der Waals surface area contributed by atoms with Crippen LogP contribution < -0.4 is 14.8 Å². The average Bonchev–Trinajstić information content (AvgIpc) is 3.39. The quantitative estimate of drug-likeness (QED) is 0.691. The summed E-state index contributed by atoms with van der Waals surface area (Å²) in [5.41, 5.74) is 1.62. The third-order valence-electron chi connectivity index (χ3n) is 4.05. The van der Waals surface area contributed by atoms with Crippen molar-refractivity contribution in [3.05, 3.63) is 46.0 Å². The number of nitrogens with one attached hydrogen (secondary N) is 1. The molecule has 2 aromatic heterocycles. The van der Waals surface area contributed by atoms with Crippen LogP contribution in [0.25, 0.3) is 11.3 Å². The van der Waals surface area contributed by atoms with E-state index in [1.54, 1.807) is 19.2 Å². The first kappa shape index (κ1) is 18.5. The SMILES string of the molecule is CN(CC(=O)Nc1nc(-c2ccc3c(c2)OCCO3)cs1)C(=O)c1cccs1. The summed E-state index contributed by atoms with van der Waals surface area (Å²) in [6, 6.07) is 9.18. The van der Waals surface area contributed by atoms with E-state index in [0.29, 0.717) is 29.0 Å². The second-order valence-corrected chi connectivity index (χ2v) is 7.89. The van der Waals surface area contributed by atoms with E-state index in [-0.39, 0.29) is 18.4 Å². The van der Waals surface area contributed by atoms with Gasteiger partial charge in [-0.15, -0.1) is 22.7 Å². The van der Waals surface area contributed by atoms with Gasteiger partial charge in [-0.1, -0.05) is 6.07 Å². The lowest BCUT2D eigenvalue weighted by atomic mass is 10.1. The number of thiazole rings is 1. The van der Waals surface area contributed by atoms with Crippen LogP contribution in [0.4, 0.5) is 5.13 Å². The minimum Gasteiger partial charge on any atom is -0.486 e. The third kappa shape index (κ3) is 4.00. The van der Waals surface area contributed by atoms with Gasteiger partial charge in [0.1, 0.15) is 13.2 Å². The zero-order chi connectivity index (χ0) is 19.5. The Kier molecular flexibility index (Phi) is 5.27. The highest BCUT2D eigenvalue weighted by Gasteiger charge is 2.17. The number of amides is 2. The van der Waals surface area contributed by atoms with Crippen LogP contribution in [0.2, 0.25) is 0 Å². The molecule has 0 fully saturated rings. The topological polar surface area (TPSA) is 80.8 Å². The summed E-state index contributed by atoms with van der Waals surface area (Å²) in [6.07, 6.45) is 0. The largest absolute Gasteiger partial charge is 0.486 e. The van der Waals surface area contributed by atoms with Crippen molar-refractivity contribution in [2.45, 2.75) is 0 Å². The van der Waals surface area contributed by atoms with Crippen molar-refractivity contribution in [1.29, 1.82) is 0 Å². The normalized spacial score (nSPS) is 12.5. The predicted molar refractivity (Wildman–Crippen MR) is 108 cm³/mol. The van der Waals surface area contributed by atoms with Crippen LogP contribution in [0.15, 0.2) is 41.1 Å². The fourth-order valence-electron chi connectivity index (χ4n) is 2.70. The molecule has 0 saturated carbocycles. The van der Waals surface area contributed by atoms with Crippen molar-refractivity contribution in [2.24, 2.45) is 0 Å². The maximum atomic E-state index is 12.3. The molecule has 0 bridgehead atoms. The lowest BCUT2D eigenvalue weighted by Gasteiger charge is -2.18. The molecule has 144 valence electrons. The van der Waals surface area contributed by atoms with Crippen molar-refractivity contribution in [1.82, 2.24) is 9.88 Å². The number of nitrogens with zero attached hydrogens (tertiary/aromatic N) is 2. The van der Waals surface area contributed by atoms with E-state index < -0.39 is 0 Å². The summed E-state index contributed by atoms with van der Waals surface area (Å²) < 4.78 is 11.1. The summed E-state index contributed by atoms with van der Waals surface area (Å²) in [7, 11) is 1.60. The van der Waals surface area contributed by atoms with Gasteiger partial charge in [0.05, 0.1) is 17.1 Å². The van der Waals surface area contributed by atoms with Crippen LogP contribution in [-0.2, 0) is 4.79 Å². The van der Waals surface area contributed by atoms with Gasteiger partial charge in [0.2, 0.25) is 5.91 Å². The van der Waals surface area contributed by atoms with Gasteiger partial charge in [-0.05, 0) is 29.6 Å². The van der Waals surface area contributed by atoms with E-state index in [1.165, 1.54) is 27.6 Å². The third-order valence-corrected chi connectivity index (χ3v) is 5.66. The lowest BCUT2D eigenvalue weighted by Crippen LogP contribution is -2.34. The molecule has 4 rings (SSSR count). The Morgan fingerprint density at radius 2 is 2.00 bits per heavy atom. The van der Waals surface area contributed by atoms with Gasteiger partial charge in [0, 0.05) is 18.0 Å². The molecule has 1 aliphatic rings. The van der Waals surface area contributed by atoms with Gasteiger partial charge in [-0.2, -0.15) is 0 Å². The zero-order valence-electron chi connectivity index (χ0n) is 15.0. The van der Waals surface area contributed by atoms with Crippen molar-refractivity contribution < 1.29 is 19.1 Å². The number of hydrogen-bond donors (Lipinski definition) is 1. The number of fused-ring (bicyclic) bond motifs is 1. The number of carbonyl (C=O) groups is 2. The molecule has 0 unspecified atom stereocenters. The maximum absolute atomic E-state index is 12.3. The Labute approximate surface area is 169 Å². The first-order chi connectivity index (χ1) is 13.6. The highest BCUT2D eigenvalue weighted by molar-refractivity contribution is 7.14. The Bertz CT molecular complexity index is 1000. The molecule has 3 aromatic rings. The van der Waals surface area contributed by atoms with Crippen LogP contribution in [0.5, 0.6) is 11.5 Å². The van der Waals surface area contributed by atoms with Gasteiger partial charge >= 0.3 is 0 Å². The number of likely N-dealkylation sites (N-methyl/N-ethyl adjacent to an activating group) is 1. The summed E-state index contributed by atoms with van der Waals surface area (Å²) in [6.45, 7) is 1.02. The molecule has 1 aromatic carbocycles. The summed E-state index contributed by atoms with van der Waals surface area (Å²) in [5.74, 6) is 0.935. The molecule has 0 aliphatic carbocycles. The average molecular weight is 415 g/mol. The fraction of sp³-hybridized carbons (Fsp3) is 0.211. The van der Waals surface area contributed by atoms with Crippen LogP contribution in [0.3, 0.4) is 0 Å². The van der Waals surface area contributed by atoms with Crippen molar-refractivity contribution in [3.63, 3.8) is 0 Å². The van der Waals surface area contributed by atoms with Crippen molar-refractivity contribution >= 4 is 39.6 Å². The Balaban J connectivity index is 1.39. The van der Waals surface area contributed by atoms with Gasteiger partial charge in [0.25, 0.3) is 5.91 Å². The van der Waals surface area contributed by atoms with E-state index in [9.17, 15) is 9.59 Å². The highest BCUT2D eigenvalue weighted by atomic mass is 32.1. The molecule has 2 amide bonds. The van der Waals surface area contributed by atoms with Gasteiger partial charge in [-0.3, -0.25) is 9.59 Å². The smallest absolute Gasteiger partial charge is 0.264 e. The Morgan fingerprint density at radius 3 is 2.79 bits per heavy atom. The first-order valence-electron chi connectivity index (χ1n) is 8.54. The summed E-state index contributed by atoms with van der Waals surface area (Å²) >= 11 is 2.68. The molecule has 1 N–H and O–H groups in total. The molecular weight excluding hydrogens is 398 g/mol. The lowest BCUT2D eigenvalue weighted by molar-refractivity contribution is -0.116. The van der Waals surface area contributed by atoms with E-state index in [2.05, 4.69) is 10.3 Å². The molecule has 1 aliphatic heterocycles. The van der Waals surface area contributed by atoms with Crippen LogP contribution in [-0.4, -0.2) is 48.5 Å². The van der Waals surface area contributed by atoms with Gasteiger partial charge in [-0.25, -0.2) is 4.98 Å². The molecular formula is C19H17N3O4S2. The standard InChI is InChI=1S/C19H17N3O4S2/c1-22(18(24)16-3-2-8-27-16)10-17(23)21-19-20-13(11-28-19)12-4-5-14-15(9-12)26-7-6-25-14/h2-5,8-9,11H,6-7,10H2,1H3,(H,20,21,23). The molecule has 28 heavy (non-hydrogen) atoms. The van der Waals surface area contributed by atoms with Crippen molar-refractivity contribution in [2.75, 3.05) is 32.1 Å². The monoisotopic (exact) mass is 415 g/mol. The number of ether oxygens (including phenoxy) is 2. The van der Waals surface area contributed by atoms with Crippen LogP contribution in [0.1, 0.15) is 9.67 Å². The number of carbonyl (C=O) groups excluding carboxylic acids is 2. The predicted octanol–water partition coefficient (Wildman–Crippen LogP) is 3.35. The molecule has 3 heterocycles. The minimum atomic E-state index is -0.296. The highest BCUT2D eigenvalue weighted by Crippen LogP contribution is 2.35. The molecule has 7 nitrogen and oxygen atoms in total. The minimum absolute atomic E-state index is 0.0460. The van der Waals surface area contributed by atoms with Crippen molar-refractivity contribution in [3.8, 4) is 22.8 Å². The molecule has 9 heteroatoms. The van der Waals surface area contributed by atoms with Gasteiger partial charge in [0.15, 0.2) is 16.6 Å². The second-order valence-electron chi connectivity index (χ2n) is 6.08. The maximum Gasteiger partial charge on any atom is 0.264 e. The first-order valence-corrected chi connectivity index (χ1v) is 10.3. The number of aromatic nitrogens is 1. The summed E-state index contributed by atoms with van der Waals surface area (Å²) in [4.78, 5) is 30.9.